The van der Waals surface area contributed by atoms with Gasteiger partial charge in [0, 0.05) is 38.1 Å². The average Bonchev–Trinajstić information content (AvgIpc) is 3.34. The van der Waals surface area contributed by atoms with Gasteiger partial charge >= 0.3 is 6.03 Å². The monoisotopic (exact) mass is 421 g/mol. The molecule has 1 aliphatic heterocycles. The lowest BCUT2D eigenvalue weighted by atomic mass is 10.0. The third-order valence-corrected chi connectivity index (χ3v) is 5.66. The number of likely N-dealkylation sites (tertiary alicyclic amines) is 1. The highest BCUT2D eigenvalue weighted by molar-refractivity contribution is 5.94. The summed E-state index contributed by atoms with van der Waals surface area (Å²) in [5.74, 6) is -0.327. The highest BCUT2D eigenvalue weighted by atomic mass is 19.1. The maximum absolute atomic E-state index is 13.4. The molecular weight excluding hydrogens is 397 g/mol. The van der Waals surface area contributed by atoms with E-state index in [0.29, 0.717) is 37.2 Å². The average molecular weight is 421 g/mol. The molecule has 2 N–H and O–H groups in total. The molecule has 1 aliphatic rings. The second-order valence-electron chi connectivity index (χ2n) is 7.64. The van der Waals surface area contributed by atoms with Gasteiger partial charge in [-0.3, -0.25) is 9.89 Å². The summed E-state index contributed by atoms with van der Waals surface area (Å²) in [5.41, 5.74) is 2.88. The van der Waals surface area contributed by atoms with E-state index in [1.165, 1.54) is 18.3 Å². The molecule has 0 saturated carbocycles. The number of carbonyl (C=O) groups excluding carboxylic acids is 2. The Hall–Kier alpha value is -3.68. The zero-order valence-corrected chi connectivity index (χ0v) is 17.2. The van der Waals surface area contributed by atoms with Gasteiger partial charge in [0.2, 0.25) is 0 Å². The van der Waals surface area contributed by atoms with E-state index >= 15 is 0 Å². The minimum Gasteiger partial charge on any atom is -0.338 e. The van der Waals surface area contributed by atoms with Crippen LogP contribution in [0.15, 0.2) is 60.9 Å². The molecule has 8 heteroatoms. The largest absolute Gasteiger partial charge is 0.338 e. The maximum Gasteiger partial charge on any atom is 0.321 e. The Morgan fingerprint density at radius 2 is 1.87 bits per heavy atom. The third kappa shape index (κ3) is 4.74. The van der Waals surface area contributed by atoms with Crippen molar-refractivity contribution in [3.63, 3.8) is 0 Å². The minimum absolute atomic E-state index is 0.0438. The van der Waals surface area contributed by atoms with Crippen molar-refractivity contribution in [2.24, 2.45) is 0 Å². The Balaban J connectivity index is 1.31. The Labute approximate surface area is 179 Å². The molecule has 2 heterocycles. The second kappa shape index (κ2) is 8.99. The van der Waals surface area contributed by atoms with E-state index in [-0.39, 0.29) is 23.8 Å². The lowest BCUT2D eigenvalue weighted by molar-refractivity contribution is 0.0671. The molecule has 0 atom stereocenters. The standard InChI is InChI=1S/C23H24FN5O2/c1-28(21-9-11-29(12-10-21)22(30)18-14-25-26-15-18)23(31)27-20-7-5-16(6-8-20)17-3-2-4-19(24)13-17/h2-8,13-15,21H,9-12H2,1H3,(H,25,26)(H,27,31). The van der Waals surface area contributed by atoms with Gasteiger partial charge in [-0.15, -0.1) is 0 Å². The van der Waals surface area contributed by atoms with Crippen molar-refractivity contribution in [1.29, 1.82) is 0 Å². The maximum atomic E-state index is 13.4. The van der Waals surface area contributed by atoms with Gasteiger partial charge in [0.05, 0.1) is 11.8 Å². The lowest BCUT2D eigenvalue weighted by Gasteiger charge is -2.36. The highest BCUT2D eigenvalue weighted by Crippen LogP contribution is 2.23. The van der Waals surface area contributed by atoms with Crippen LogP contribution < -0.4 is 5.32 Å². The summed E-state index contributed by atoms with van der Waals surface area (Å²) in [6, 6.07) is 13.6. The Morgan fingerprint density at radius 1 is 1.13 bits per heavy atom. The van der Waals surface area contributed by atoms with Crippen LogP contribution in [-0.4, -0.2) is 58.1 Å². The molecule has 0 spiro atoms. The fourth-order valence-corrected chi connectivity index (χ4v) is 3.80. The second-order valence-corrected chi connectivity index (χ2v) is 7.64. The predicted molar refractivity (Wildman–Crippen MR) is 116 cm³/mol. The van der Waals surface area contributed by atoms with E-state index in [1.807, 2.05) is 18.2 Å². The molecule has 160 valence electrons. The lowest BCUT2D eigenvalue weighted by Crippen LogP contribution is -2.48. The van der Waals surface area contributed by atoms with Gasteiger partial charge in [0.25, 0.3) is 5.91 Å². The van der Waals surface area contributed by atoms with E-state index in [9.17, 15) is 14.0 Å². The minimum atomic E-state index is -0.283. The number of aromatic nitrogens is 2. The molecule has 2 aromatic carbocycles. The molecule has 1 saturated heterocycles. The smallest absolute Gasteiger partial charge is 0.321 e. The summed E-state index contributed by atoms with van der Waals surface area (Å²) in [4.78, 5) is 28.6. The van der Waals surface area contributed by atoms with E-state index in [0.717, 1.165) is 11.1 Å². The van der Waals surface area contributed by atoms with Crippen LogP contribution in [0.2, 0.25) is 0 Å². The molecule has 0 unspecified atom stereocenters. The van der Waals surface area contributed by atoms with Gasteiger partial charge < -0.3 is 15.1 Å². The quantitative estimate of drug-likeness (QED) is 0.669. The topological polar surface area (TPSA) is 81.3 Å². The van der Waals surface area contributed by atoms with Crippen LogP contribution in [0.25, 0.3) is 11.1 Å². The van der Waals surface area contributed by atoms with Crippen molar-refractivity contribution < 1.29 is 14.0 Å². The number of carbonyl (C=O) groups is 2. The molecule has 0 bridgehead atoms. The molecule has 1 fully saturated rings. The van der Waals surface area contributed by atoms with Gasteiger partial charge in [-0.05, 0) is 48.2 Å². The SMILES string of the molecule is CN(C(=O)Nc1ccc(-c2cccc(F)c2)cc1)C1CCN(C(=O)c2cn[nH]c2)CC1. The van der Waals surface area contributed by atoms with Crippen LogP contribution in [0.5, 0.6) is 0 Å². The molecule has 4 rings (SSSR count). The first-order chi connectivity index (χ1) is 15.0. The van der Waals surface area contributed by atoms with Crippen molar-refractivity contribution in [2.75, 3.05) is 25.5 Å². The number of nitrogens with zero attached hydrogens (tertiary/aromatic N) is 3. The summed E-state index contributed by atoms with van der Waals surface area (Å²) < 4.78 is 13.4. The molecule has 7 nitrogen and oxygen atoms in total. The molecule has 0 aliphatic carbocycles. The van der Waals surface area contributed by atoms with Gasteiger partial charge in [0.15, 0.2) is 0 Å². The summed E-state index contributed by atoms with van der Waals surface area (Å²) in [6.07, 6.45) is 4.54. The molecule has 31 heavy (non-hydrogen) atoms. The number of amides is 3. The number of anilines is 1. The van der Waals surface area contributed by atoms with Crippen molar-refractivity contribution in [3.8, 4) is 11.1 Å². The van der Waals surface area contributed by atoms with E-state index < -0.39 is 0 Å². The first-order valence-corrected chi connectivity index (χ1v) is 10.2. The van der Waals surface area contributed by atoms with Crippen LogP contribution in [-0.2, 0) is 0 Å². The molecule has 0 radical (unpaired) electrons. The van der Waals surface area contributed by atoms with Gasteiger partial charge in [0.1, 0.15) is 5.82 Å². The van der Waals surface area contributed by atoms with Crippen LogP contribution >= 0.6 is 0 Å². The number of aromatic amines is 1. The Morgan fingerprint density at radius 3 is 2.52 bits per heavy atom. The number of benzene rings is 2. The Kier molecular flexibility index (Phi) is 5.97. The summed E-state index contributed by atoms with van der Waals surface area (Å²) in [5, 5.41) is 9.38. The van der Waals surface area contributed by atoms with Gasteiger partial charge in [-0.25, -0.2) is 9.18 Å². The number of urea groups is 1. The third-order valence-electron chi connectivity index (χ3n) is 5.66. The van der Waals surface area contributed by atoms with E-state index in [4.69, 9.17) is 0 Å². The first-order valence-electron chi connectivity index (χ1n) is 10.2. The number of halogens is 1. The van der Waals surface area contributed by atoms with Crippen LogP contribution in [0.4, 0.5) is 14.9 Å². The Bertz CT molecular complexity index is 1040. The zero-order chi connectivity index (χ0) is 21.8. The van der Waals surface area contributed by atoms with Crippen molar-refractivity contribution in [2.45, 2.75) is 18.9 Å². The molecular formula is C23H24FN5O2. The van der Waals surface area contributed by atoms with Crippen LogP contribution in [0.3, 0.4) is 0 Å². The molecule has 1 aromatic heterocycles. The normalized spacial score (nSPS) is 14.3. The number of nitrogens with one attached hydrogen (secondary N) is 2. The number of rotatable bonds is 4. The fraction of sp³-hybridized carbons (Fsp3) is 0.261. The van der Waals surface area contributed by atoms with E-state index in [1.54, 1.807) is 41.2 Å². The summed E-state index contributed by atoms with van der Waals surface area (Å²) in [6.45, 7) is 1.18. The van der Waals surface area contributed by atoms with Gasteiger partial charge in [-0.1, -0.05) is 24.3 Å². The number of piperidine rings is 1. The van der Waals surface area contributed by atoms with E-state index in [2.05, 4.69) is 15.5 Å². The number of hydrogen-bond acceptors (Lipinski definition) is 3. The van der Waals surface area contributed by atoms with Crippen LogP contribution in [0.1, 0.15) is 23.2 Å². The number of H-pyrrole nitrogens is 1. The molecule has 3 aromatic rings. The predicted octanol–water partition coefficient (Wildman–Crippen LogP) is 3.98. The van der Waals surface area contributed by atoms with Crippen LogP contribution in [0, 0.1) is 5.82 Å². The zero-order valence-electron chi connectivity index (χ0n) is 17.2. The van der Waals surface area contributed by atoms with Gasteiger partial charge in [-0.2, -0.15) is 5.10 Å². The number of hydrogen-bond donors (Lipinski definition) is 2. The summed E-state index contributed by atoms with van der Waals surface area (Å²) in [7, 11) is 1.77. The summed E-state index contributed by atoms with van der Waals surface area (Å²) >= 11 is 0. The fourth-order valence-electron chi connectivity index (χ4n) is 3.80. The van der Waals surface area contributed by atoms with Crippen molar-refractivity contribution >= 4 is 17.6 Å². The van der Waals surface area contributed by atoms with Crippen molar-refractivity contribution in [1.82, 2.24) is 20.0 Å². The highest BCUT2D eigenvalue weighted by Gasteiger charge is 2.28. The van der Waals surface area contributed by atoms with Crippen molar-refractivity contribution in [3.05, 3.63) is 72.3 Å². The molecule has 3 amide bonds. The first kappa shape index (κ1) is 20.6.